The second kappa shape index (κ2) is 11.5. The number of ether oxygens (including phenoxy) is 1. The van der Waals surface area contributed by atoms with Crippen molar-refractivity contribution < 1.29 is 13.9 Å². The molecule has 4 heterocycles. The number of amides is 1. The predicted molar refractivity (Wildman–Crippen MR) is 157 cm³/mol. The van der Waals surface area contributed by atoms with E-state index in [1.165, 1.54) is 0 Å². The van der Waals surface area contributed by atoms with Gasteiger partial charge >= 0.3 is 0 Å². The number of furan rings is 1. The fraction of sp³-hybridized carbons (Fsp3) is 0.129. The first-order chi connectivity index (χ1) is 19.7. The summed E-state index contributed by atoms with van der Waals surface area (Å²) in [7, 11) is 0. The molecule has 0 aliphatic carbocycles. The van der Waals surface area contributed by atoms with Crippen LogP contribution in [0.25, 0.3) is 0 Å². The van der Waals surface area contributed by atoms with Crippen molar-refractivity contribution in [1.29, 1.82) is 0 Å². The van der Waals surface area contributed by atoms with Crippen LogP contribution in [0.4, 0.5) is 11.4 Å². The monoisotopic (exact) mass is 549 g/mol. The van der Waals surface area contributed by atoms with Crippen molar-refractivity contribution >= 4 is 34.6 Å². The summed E-state index contributed by atoms with van der Waals surface area (Å²) in [6, 6.07) is 30.4. The van der Waals surface area contributed by atoms with Crippen molar-refractivity contribution in [2.24, 2.45) is 0 Å². The number of nitrogens with zero attached hydrogens (tertiary/aromatic N) is 3. The van der Waals surface area contributed by atoms with Crippen LogP contribution in [0.15, 0.2) is 120 Å². The maximum Gasteiger partial charge on any atom is 0.262 e. The summed E-state index contributed by atoms with van der Waals surface area (Å²) < 4.78 is 13.4. The molecule has 2 N–H and O–H groups in total. The van der Waals surface area contributed by atoms with Crippen molar-refractivity contribution in [3.63, 3.8) is 0 Å². The van der Waals surface area contributed by atoms with Gasteiger partial charge in [0.25, 0.3) is 5.91 Å². The van der Waals surface area contributed by atoms with Gasteiger partial charge in [-0.05, 0) is 85.0 Å². The highest BCUT2D eigenvalue weighted by molar-refractivity contribution is 7.80. The van der Waals surface area contributed by atoms with E-state index in [0.717, 1.165) is 22.8 Å². The number of hydrogen-bond donors (Lipinski definition) is 2. The number of hydrogen-bond acceptors (Lipinski definition) is 5. The number of rotatable bonds is 9. The van der Waals surface area contributed by atoms with Gasteiger partial charge in [-0.2, -0.15) is 0 Å². The fourth-order valence-electron chi connectivity index (χ4n) is 4.91. The molecular weight excluding hydrogens is 522 g/mol. The van der Waals surface area contributed by atoms with Gasteiger partial charge in [0.1, 0.15) is 17.6 Å². The van der Waals surface area contributed by atoms with Crippen LogP contribution in [-0.2, 0) is 11.3 Å². The third-order valence-corrected chi connectivity index (χ3v) is 7.03. The Morgan fingerprint density at radius 2 is 1.80 bits per heavy atom. The second-order valence-electron chi connectivity index (χ2n) is 9.33. The van der Waals surface area contributed by atoms with Crippen LogP contribution in [0.3, 0.4) is 0 Å². The number of anilines is 2. The van der Waals surface area contributed by atoms with E-state index in [2.05, 4.69) is 31.2 Å². The normalized spacial score (nSPS) is 16.5. The maximum atomic E-state index is 12.5. The molecule has 5 aromatic rings. The Hall–Kier alpha value is -4.89. The zero-order valence-electron chi connectivity index (χ0n) is 21.5. The van der Waals surface area contributed by atoms with E-state index in [1.54, 1.807) is 12.5 Å². The van der Waals surface area contributed by atoms with Crippen molar-refractivity contribution in [1.82, 2.24) is 14.9 Å². The highest BCUT2D eigenvalue weighted by Crippen LogP contribution is 2.42. The second-order valence-corrected chi connectivity index (χ2v) is 9.72. The Balaban J connectivity index is 1.25. The van der Waals surface area contributed by atoms with E-state index < -0.39 is 0 Å². The molecule has 0 bridgehead atoms. The Kier molecular flexibility index (Phi) is 7.28. The summed E-state index contributed by atoms with van der Waals surface area (Å²) >= 11 is 5.87. The zero-order valence-corrected chi connectivity index (χ0v) is 22.3. The Bertz CT molecular complexity index is 1570. The van der Waals surface area contributed by atoms with Crippen molar-refractivity contribution in [3.05, 3.63) is 133 Å². The number of nitrogens with one attached hydrogen (secondary N) is 2. The molecule has 40 heavy (non-hydrogen) atoms. The summed E-state index contributed by atoms with van der Waals surface area (Å²) in [4.78, 5) is 19.2. The molecule has 1 aliphatic heterocycles. The lowest BCUT2D eigenvalue weighted by molar-refractivity contribution is -0.118. The Morgan fingerprint density at radius 1 is 0.975 bits per heavy atom. The molecule has 6 rings (SSSR count). The van der Waals surface area contributed by atoms with Crippen molar-refractivity contribution in [3.8, 4) is 5.75 Å². The van der Waals surface area contributed by atoms with Gasteiger partial charge in [-0.25, -0.2) is 0 Å². The Morgan fingerprint density at radius 3 is 2.55 bits per heavy atom. The lowest BCUT2D eigenvalue weighted by atomic mass is 10.0. The predicted octanol–water partition coefficient (Wildman–Crippen LogP) is 5.72. The van der Waals surface area contributed by atoms with Gasteiger partial charge in [0.2, 0.25) is 0 Å². The molecule has 1 aliphatic rings. The number of carbonyl (C=O) groups is 1. The van der Waals surface area contributed by atoms with Gasteiger partial charge in [-0.3, -0.25) is 9.78 Å². The SMILES string of the molecule is O=C(COc1ccccc1)Nc1ccc(N2C(=S)NC(c3ccccn3)C2c2cccn2Cc2ccco2)cc1. The molecule has 8 nitrogen and oxygen atoms in total. The molecule has 1 fully saturated rings. The van der Waals surface area contributed by atoms with Gasteiger partial charge in [-0.15, -0.1) is 0 Å². The lowest BCUT2D eigenvalue weighted by Crippen LogP contribution is -2.30. The van der Waals surface area contributed by atoms with E-state index in [4.69, 9.17) is 21.4 Å². The molecule has 0 radical (unpaired) electrons. The third kappa shape index (κ3) is 5.45. The standard InChI is InChI=1S/C31H27N5O3S/c37-28(21-39-24-8-2-1-3-9-24)33-22-13-15-23(16-14-22)36-30(29(34-31(36)40)26-11-4-5-17-32-26)27-12-6-18-35(27)20-25-10-7-19-38-25/h1-19,29-30H,20-21H2,(H,33,37)(H,34,40). The average Bonchev–Trinajstić information content (AvgIpc) is 3.74. The summed E-state index contributed by atoms with van der Waals surface area (Å²) in [5.41, 5.74) is 3.52. The minimum Gasteiger partial charge on any atom is -0.484 e. The quantitative estimate of drug-likeness (QED) is 0.228. The summed E-state index contributed by atoms with van der Waals surface area (Å²) in [5, 5.41) is 6.98. The number of carbonyl (C=O) groups excluding carboxylic acids is 1. The summed E-state index contributed by atoms with van der Waals surface area (Å²) in [6.07, 6.45) is 5.52. The zero-order chi connectivity index (χ0) is 27.3. The lowest BCUT2D eigenvalue weighted by Gasteiger charge is -2.29. The van der Waals surface area contributed by atoms with Gasteiger partial charge in [0.15, 0.2) is 11.7 Å². The molecular formula is C31H27N5O3S. The minimum absolute atomic E-state index is 0.0770. The third-order valence-electron chi connectivity index (χ3n) is 6.71. The molecule has 3 aromatic heterocycles. The molecule has 1 amide bonds. The summed E-state index contributed by atoms with van der Waals surface area (Å²) in [5.74, 6) is 1.27. The van der Waals surface area contributed by atoms with Crippen molar-refractivity contribution in [2.45, 2.75) is 18.6 Å². The number of pyridine rings is 1. The molecule has 2 unspecified atom stereocenters. The smallest absolute Gasteiger partial charge is 0.262 e. The van der Waals surface area contributed by atoms with Crippen LogP contribution in [0.5, 0.6) is 5.75 Å². The largest absolute Gasteiger partial charge is 0.484 e. The first-order valence-corrected chi connectivity index (χ1v) is 13.3. The first kappa shape index (κ1) is 25.4. The molecule has 200 valence electrons. The highest BCUT2D eigenvalue weighted by Gasteiger charge is 2.42. The van der Waals surface area contributed by atoms with E-state index in [9.17, 15) is 4.79 Å². The number of benzene rings is 2. The highest BCUT2D eigenvalue weighted by atomic mass is 32.1. The summed E-state index contributed by atoms with van der Waals surface area (Å²) in [6.45, 7) is 0.518. The molecule has 1 saturated heterocycles. The molecule has 0 spiro atoms. The molecule has 0 saturated carbocycles. The number of para-hydroxylation sites is 1. The van der Waals surface area contributed by atoms with Crippen LogP contribution in [-0.4, -0.2) is 27.2 Å². The molecule has 2 atom stereocenters. The van der Waals surface area contributed by atoms with Gasteiger partial charge in [0, 0.05) is 29.5 Å². The van der Waals surface area contributed by atoms with E-state index in [1.807, 2.05) is 97.2 Å². The topological polar surface area (TPSA) is 84.6 Å². The maximum absolute atomic E-state index is 12.5. The van der Waals surface area contributed by atoms with Crippen LogP contribution >= 0.6 is 12.2 Å². The van der Waals surface area contributed by atoms with Gasteiger partial charge < -0.3 is 29.3 Å². The van der Waals surface area contributed by atoms with Gasteiger partial charge in [0.05, 0.1) is 24.5 Å². The Labute approximate surface area is 237 Å². The van der Waals surface area contributed by atoms with E-state index in [-0.39, 0.29) is 24.6 Å². The number of aromatic nitrogens is 2. The fourth-order valence-corrected chi connectivity index (χ4v) is 5.26. The molecule has 2 aromatic carbocycles. The van der Waals surface area contributed by atoms with Crippen LogP contribution < -0.4 is 20.3 Å². The minimum atomic E-state index is -0.237. The van der Waals surface area contributed by atoms with Crippen LogP contribution in [0, 0.1) is 0 Å². The van der Waals surface area contributed by atoms with Crippen LogP contribution in [0.1, 0.15) is 29.2 Å². The van der Waals surface area contributed by atoms with Crippen LogP contribution in [0.2, 0.25) is 0 Å². The molecule has 9 heteroatoms. The average molecular weight is 550 g/mol. The van der Waals surface area contributed by atoms with E-state index in [0.29, 0.717) is 23.1 Å². The first-order valence-electron chi connectivity index (χ1n) is 12.9. The number of thiocarbonyl (C=S) groups is 1. The van der Waals surface area contributed by atoms with Crippen molar-refractivity contribution in [2.75, 3.05) is 16.8 Å². The van der Waals surface area contributed by atoms with Gasteiger partial charge in [-0.1, -0.05) is 24.3 Å². The van der Waals surface area contributed by atoms with E-state index >= 15 is 0 Å².